The fourth-order valence-electron chi connectivity index (χ4n) is 0.377. The summed E-state index contributed by atoms with van der Waals surface area (Å²) in [7, 11) is 0. The predicted molar refractivity (Wildman–Crippen MR) is 31.6 cm³/mol. The van der Waals surface area contributed by atoms with E-state index in [4.69, 9.17) is 12.2 Å². The third-order valence-electron chi connectivity index (χ3n) is 0.681. The summed E-state index contributed by atoms with van der Waals surface area (Å²) in [6.07, 6.45) is 1.81. The first kappa shape index (κ1) is 7.89. The molecule has 3 heteroatoms. The van der Waals surface area contributed by atoms with Gasteiger partial charge in [0.15, 0.2) is 0 Å². The number of rotatable bonds is 0. The monoisotopic (exact) mass is 167 g/mol. The topological polar surface area (TPSA) is 15.8 Å². The van der Waals surface area contributed by atoms with Crippen molar-refractivity contribution in [2.45, 2.75) is 0 Å². The van der Waals surface area contributed by atoms with Crippen LogP contribution in [0, 0.1) is 4.64 Å². The number of aromatic amines is 1. The molecule has 0 saturated heterocycles. The van der Waals surface area contributed by atoms with E-state index in [1.165, 1.54) is 0 Å². The Balaban J connectivity index is 0.000000490. The molecule has 0 aliphatic rings. The van der Waals surface area contributed by atoms with Gasteiger partial charge in [0.05, 0.1) is 0 Å². The van der Waals surface area contributed by atoms with E-state index in [1.807, 2.05) is 24.4 Å². The summed E-state index contributed by atoms with van der Waals surface area (Å²) in [6.45, 7) is 0. The van der Waals surface area contributed by atoms with Crippen molar-refractivity contribution in [3.05, 3.63) is 29.0 Å². The van der Waals surface area contributed by atoms with Crippen molar-refractivity contribution < 1.29 is 17.1 Å². The van der Waals surface area contributed by atoms with Gasteiger partial charge in [-0.25, -0.2) is 0 Å². The molecule has 0 radical (unpaired) electrons. The van der Waals surface area contributed by atoms with Gasteiger partial charge in [0, 0.05) is 23.3 Å². The van der Waals surface area contributed by atoms with E-state index < -0.39 is 0 Å². The summed E-state index contributed by atoms with van der Waals surface area (Å²) in [6, 6.07) is 5.64. The number of hydrogen-bond acceptors (Lipinski definition) is 1. The van der Waals surface area contributed by atoms with E-state index in [2.05, 4.69) is 4.98 Å². The fourth-order valence-corrected chi connectivity index (χ4v) is 0.523. The molecule has 0 aliphatic carbocycles. The van der Waals surface area contributed by atoms with E-state index in [0.29, 0.717) is 0 Å². The number of pyridine rings is 1. The Bertz CT molecular complexity index is 178. The minimum atomic E-state index is 0. The molecule has 0 fully saturated rings. The van der Waals surface area contributed by atoms with E-state index in [1.54, 1.807) is 0 Å². The first-order chi connectivity index (χ1) is 3.39. The Morgan fingerprint density at radius 2 is 2.12 bits per heavy atom. The Morgan fingerprint density at radius 3 is 2.38 bits per heavy atom. The molecule has 1 rings (SSSR count). The van der Waals surface area contributed by atoms with Crippen molar-refractivity contribution in [3.63, 3.8) is 0 Å². The van der Waals surface area contributed by atoms with Crippen molar-refractivity contribution in [3.8, 4) is 0 Å². The Hall–Kier alpha value is -0.111. The number of nitrogens with one attached hydrogen (secondary N) is 1. The smallest absolute Gasteiger partial charge is 0.103 e. The zero-order valence-corrected chi connectivity index (χ0v) is 5.99. The first-order valence-corrected chi connectivity index (χ1v) is 2.44. The number of H-pyrrole nitrogens is 1. The van der Waals surface area contributed by atoms with Crippen LogP contribution in [0.2, 0.25) is 0 Å². The van der Waals surface area contributed by atoms with Gasteiger partial charge >= 0.3 is 0 Å². The average Bonchev–Trinajstić information content (AvgIpc) is 1.69. The maximum absolute atomic E-state index is 4.76. The SMILES string of the molecule is S=c1cccc[nH]1.[Fe]. The second-order valence-electron chi connectivity index (χ2n) is 1.23. The molecule has 0 amide bonds. The number of hydrogen-bond donors (Lipinski definition) is 1. The van der Waals surface area contributed by atoms with Gasteiger partial charge in [-0.05, 0) is 12.1 Å². The Kier molecular flexibility index (Phi) is 3.79. The van der Waals surface area contributed by atoms with Crippen LogP contribution in [0.25, 0.3) is 0 Å². The molecule has 0 aromatic carbocycles. The van der Waals surface area contributed by atoms with Crippen molar-refractivity contribution in [1.29, 1.82) is 0 Å². The fraction of sp³-hybridized carbons (Fsp3) is 0. The molecule has 0 unspecified atom stereocenters. The van der Waals surface area contributed by atoms with E-state index >= 15 is 0 Å². The normalized spacial score (nSPS) is 7.50. The molecule has 1 N–H and O–H groups in total. The molecular formula is C5H5FeNS. The van der Waals surface area contributed by atoms with Crippen molar-refractivity contribution in [2.24, 2.45) is 0 Å². The zero-order chi connectivity index (χ0) is 5.11. The third-order valence-corrected chi connectivity index (χ3v) is 0.934. The molecule has 1 aromatic heterocycles. The van der Waals surface area contributed by atoms with Crippen molar-refractivity contribution >= 4 is 12.2 Å². The molecule has 0 atom stereocenters. The van der Waals surface area contributed by atoms with Gasteiger partial charge in [-0.15, -0.1) is 0 Å². The van der Waals surface area contributed by atoms with Crippen LogP contribution in [-0.4, -0.2) is 4.98 Å². The Labute approximate surface area is 63.6 Å². The third kappa shape index (κ3) is 2.26. The molecule has 8 heavy (non-hydrogen) atoms. The summed E-state index contributed by atoms with van der Waals surface area (Å²) in [5, 5.41) is 0. The van der Waals surface area contributed by atoms with Crippen molar-refractivity contribution in [1.82, 2.24) is 4.98 Å². The molecule has 44 valence electrons. The maximum atomic E-state index is 4.76. The van der Waals surface area contributed by atoms with Gasteiger partial charge in [-0.1, -0.05) is 18.3 Å². The summed E-state index contributed by atoms with van der Waals surface area (Å²) in [5.41, 5.74) is 0. The van der Waals surface area contributed by atoms with E-state index in [9.17, 15) is 0 Å². The van der Waals surface area contributed by atoms with Crippen LogP contribution in [0.15, 0.2) is 24.4 Å². The van der Waals surface area contributed by atoms with Gasteiger partial charge in [-0.3, -0.25) is 0 Å². The second kappa shape index (κ2) is 3.84. The Morgan fingerprint density at radius 1 is 1.38 bits per heavy atom. The molecule has 1 aromatic rings. The first-order valence-electron chi connectivity index (χ1n) is 2.03. The summed E-state index contributed by atoms with van der Waals surface area (Å²) < 4.78 is 0.780. The predicted octanol–water partition coefficient (Wildman–Crippen LogP) is 1.74. The minimum Gasteiger partial charge on any atom is -0.353 e. The second-order valence-corrected chi connectivity index (χ2v) is 1.67. The van der Waals surface area contributed by atoms with Gasteiger partial charge in [0.25, 0.3) is 0 Å². The molecule has 0 spiro atoms. The van der Waals surface area contributed by atoms with Crippen molar-refractivity contribution in [2.75, 3.05) is 0 Å². The van der Waals surface area contributed by atoms with Crippen LogP contribution in [0.4, 0.5) is 0 Å². The molecular weight excluding hydrogens is 162 g/mol. The quantitative estimate of drug-likeness (QED) is 0.459. The van der Waals surface area contributed by atoms with Gasteiger partial charge in [-0.2, -0.15) is 0 Å². The van der Waals surface area contributed by atoms with Gasteiger partial charge < -0.3 is 4.98 Å². The molecule has 1 nitrogen and oxygen atoms in total. The largest absolute Gasteiger partial charge is 0.353 e. The summed E-state index contributed by atoms with van der Waals surface area (Å²) >= 11 is 4.76. The number of aromatic nitrogens is 1. The molecule has 0 saturated carbocycles. The van der Waals surface area contributed by atoms with E-state index in [0.717, 1.165) is 4.64 Å². The molecule has 1 heterocycles. The summed E-state index contributed by atoms with van der Waals surface area (Å²) in [4.78, 5) is 2.85. The van der Waals surface area contributed by atoms with Crippen LogP contribution in [0.3, 0.4) is 0 Å². The van der Waals surface area contributed by atoms with Gasteiger partial charge in [0.1, 0.15) is 4.64 Å². The van der Waals surface area contributed by atoms with Crippen LogP contribution >= 0.6 is 12.2 Å². The van der Waals surface area contributed by atoms with Crippen LogP contribution in [0.5, 0.6) is 0 Å². The minimum absolute atomic E-state index is 0. The average molecular weight is 167 g/mol. The van der Waals surface area contributed by atoms with Gasteiger partial charge in [0.2, 0.25) is 0 Å². The maximum Gasteiger partial charge on any atom is 0.103 e. The van der Waals surface area contributed by atoms with Crippen LogP contribution < -0.4 is 0 Å². The van der Waals surface area contributed by atoms with Crippen LogP contribution in [-0.2, 0) is 17.1 Å². The van der Waals surface area contributed by atoms with E-state index in [-0.39, 0.29) is 17.1 Å². The molecule has 0 aliphatic heterocycles. The summed E-state index contributed by atoms with van der Waals surface area (Å²) in [5.74, 6) is 0. The molecule has 0 bridgehead atoms. The van der Waals surface area contributed by atoms with Crippen LogP contribution in [0.1, 0.15) is 0 Å². The zero-order valence-electron chi connectivity index (χ0n) is 4.07. The standard InChI is InChI=1S/C5H5NS.Fe/c7-5-3-1-2-4-6-5;/h1-4H,(H,6,7);.